The van der Waals surface area contributed by atoms with Crippen molar-refractivity contribution in [3.05, 3.63) is 0 Å². The molecule has 0 spiro atoms. The molecule has 2 N–H and O–H groups in total. The third-order valence-corrected chi connectivity index (χ3v) is 3.83. The van der Waals surface area contributed by atoms with Crippen LogP contribution in [0.1, 0.15) is 46.5 Å². The molecule has 13 heavy (non-hydrogen) atoms. The van der Waals surface area contributed by atoms with E-state index in [9.17, 15) is 8.42 Å². The Kier molecular flexibility index (Phi) is 5.56. The van der Waals surface area contributed by atoms with Crippen LogP contribution in [-0.4, -0.2) is 13.7 Å². The van der Waals surface area contributed by atoms with Crippen molar-refractivity contribution >= 4 is 10.0 Å². The quantitative estimate of drug-likeness (QED) is 0.713. The number of hydrogen-bond donors (Lipinski definition) is 1. The molecule has 1 fully saturated rings. The maximum atomic E-state index is 10.9. The predicted molar refractivity (Wildman–Crippen MR) is 55.9 cm³/mol. The molecular weight excluding hydrogens is 186 g/mol. The second-order valence-corrected chi connectivity index (χ2v) is 5.32. The fourth-order valence-electron chi connectivity index (χ4n) is 1.56. The molecule has 0 bridgehead atoms. The zero-order chi connectivity index (χ0) is 10.5. The van der Waals surface area contributed by atoms with Crippen LogP contribution in [0.3, 0.4) is 0 Å². The average Bonchev–Trinajstić information content (AvgIpc) is 2.07. The highest BCUT2D eigenvalue weighted by Gasteiger charge is 2.26. The fourth-order valence-corrected chi connectivity index (χ4v) is 2.49. The van der Waals surface area contributed by atoms with E-state index in [0.29, 0.717) is 5.92 Å². The van der Waals surface area contributed by atoms with Crippen molar-refractivity contribution in [1.29, 1.82) is 0 Å². The van der Waals surface area contributed by atoms with Crippen molar-refractivity contribution < 1.29 is 8.42 Å². The first kappa shape index (κ1) is 12.9. The van der Waals surface area contributed by atoms with Crippen LogP contribution in [0.15, 0.2) is 0 Å². The molecule has 1 aliphatic carbocycles. The van der Waals surface area contributed by atoms with Gasteiger partial charge in [-0.1, -0.05) is 20.8 Å². The van der Waals surface area contributed by atoms with Gasteiger partial charge in [0.05, 0.1) is 5.25 Å². The van der Waals surface area contributed by atoms with Gasteiger partial charge in [0.25, 0.3) is 0 Å². The molecule has 0 amide bonds. The molecule has 4 heteroatoms. The lowest BCUT2D eigenvalue weighted by Crippen LogP contribution is -2.31. The molecule has 1 aliphatic rings. The van der Waals surface area contributed by atoms with E-state index < -0.39 is 10.0 Å². The van der Waals surface area contributed by atoms with Gasteiger partial charge in [0.2, 0.25) is 10.0 Å². The van der Waals surface area contributed by atoms with E-state index in [1.807, 2.05) is 13.8 Å². The highest BCUT2D eigenvalue weighted by molar-refractivity contribution is 7.89. The van der Waals surface area contributed by atoms with Gasteiger partial charge in [-0.2, -0.15) is 0 Å². The standard InChI is InChI=1S/C7H15NO2S.C2H6/c1-6-2-4-7(5-3-6)11(8,9)10;1-2/h6-7H,2-5H2,1H3,(H2,8,9,10);1-2H3. The van der Waals surface area contributed by atoms with Crippen LogP contribution in [-0.2, 0) is 10.0 Å². The first-order chi connectivity index (χ1) is 6.00. The number of primary sulfonamides is 1. The monoisotopic (exact) mass is 207 g/mol. The van der Waals surface area contributed by atoms with Crippen LogP contribution in [0.4, 0.5) is 0 Å². The van der Waals surface area contributed by atoms with Gasteiger partial charge < -0.3 is 0 Å². The van der Waals surface area contributed by atoms with Gasteiger partial charge in [0, 0.05) is 0 Å². The second kappa shape index (κ2) is 5.60. The average molecular weight is 207 g/mol. The summed E-state index contributed by atoms with van der Waals surface area (Å²) in [6.07, 6.45) is 3.50. The van der Waals surface area contributed by atoms with Crippen molar-refractivity contribution in [2.75, 3.05) is 0 Å². The molecule has 0 aromatic rings. The molecule has 0 aromatic heterocycles. The zero-order valence-corrected chi connectivity index (χ0v) is 9.60. The van der Waals surface area contributed by atoms with Crippen LogP contribution >= 0.6 is 0 Å². The summed E-state index contributed by atoms with van der Waals surface area (Å²) in [7, 11) is -3.25. The molecular formula is C9H21NO2S. The summed E-state index contributed by atoms with van der Waals surface area (Å²) in [4.78, 5) is 0. The topological polar surface area (TPSA) is 60.2 Å². The maximum Gasteiger partial charge on any atom is 0.211 e. The number of hydrogen-bond acceptors (Lipinski definition) is 2. The molecule has 0 atom stereocenters. The van der Waals surface area contributed by atoms with Crippen LogP contribution in [0.25, 0.3) is 0 Å². The first-order valence-corrected chi connectivity index (χ1v) is 6.62. The Morgan fingerprint density at radius 1 is 1.08 bits per heavy atom. The third-order valence-electron chi connectivity index (χ3n) is 2.43. The summed E-state index contributed by atoms with van der Waals surface area (Å²) in [5.74, 6) is 0.674. The van der Waals surface area contributed by atoms with Crippen LogP contribution < -0.4 is 5.14 Å². The number of sulfonamides is 1. The summed E-state index contributed by atoms with van der Waals surface area (Å²) in [6.45, 7) is 6.15. The molecule has 0 saturated heterocycles. The van der Waals surface area contributed by atoms with Crippen molar-refractivity contribution in [1.82, 2.24) is 0 Å². The third kappa shape index (κ3) is 4.62. The van der Waals surface area contributed by atoms with Crippen LogP contribution in [0.5, 0.6) is 0 Å². The SMILES string of the molecule is CC.CC1CCC(S(N)(=O)=O)CC1. The molecule has 0 radical (unpaired) electrons. The molecule has 1 saturated carbocycles. The Morgan fingerprint density at radius 3 is 1.77 bits per heavy atom. The Labute approximate surface area is 81.8 Å². The minimum atomic E-state index is -3.25. The zero-order valence-electron chi connectivity index (χ0n) is 8.79. The summed E-state index contributed by atoms with van der Waals surface area (Å²) in [5, 5.41) is 4.76. The van der Waals surface area contributed by atoms with E-state index in [1.54, 1.807) is 0 Å². The van der Waals surface area contributed by atoms with Gasteiger partial charge in [-0.3, -0.25) is 0 Å². The van der Waals surface area contributed by atoms with E-state index in [1.165, 1.54) is 0 Å². The van der Waals surface area contributed by atoms with E-state index >= 15 is 0 Å². The summed E-state index contributed by atoms with van der Waals surface area (Å²) in [6, 6.07) is 0. The highest BCUT2D eigenvalue weighted by Crippen LogP contribution is 2.26. The fraction of sp³-hybridized carbons (Fsp3) is 1.00. The summed E-state index contributed by atoms with van der Waals surface area (Å²) in [5.41, 5.74) is 0. The van der Waals surface area contributed by atoms with Gasteiger partial charge in [-0.15, -0.1) is 0 Å². The smallest absolute Gasteiger partial charge is 0.211 e. The molecule has 0 aliphatic heterocycles. The second-order valence-electron chi connectivity index (χ2n) is 3.47. The molecule has 0 aromatic carbocycles. The lowest BCUT2D eigenvalue weighted by molar-refractivity contribution is 0.382. The van der Waals surface area contributed by atoms with Crippen molar-refractivity contribution in [2.24, 2.45) is 11.1 Å². The molecule has 80 valence electrons. The molecule has 0 heterocycles. The normalized spacial score (nSPS) is 28.9. The van der Waals surface area contributed by atoms with Gasteiger partial charge in [-0.05, 0) is 31.6 Å². The molecule has 3 nitrogen and oxygen atoms in total. The number of nitrogens with two attached hydrogens (primary N) is 1. The number of rotatable bonds is 1. The van der Waals surface area contributed by atoms with E-state index in [0.717, 1.165) is 25.7 Å². The van der Waals surface area contributed by atoms with Crippen molar-refractivity contribution in [3.63, 3.8) is 0 Å². The lowest BCUT2D eigenvalue weighted by Gasteiger charge is -2.23. The van der Waals surface area contributed by atoms with Crippen LogP contribution in [0.2, 0.25) is 0 Å². The lowest BCUT2D eigenvalue weighted by atomic mass is 9.91. The minimum Gasteiger partial charge on any atom is -0.228 e. The van der Waals surface area contributed by atoms with E-state index in [-0.39, 0.29) is 5.25 Å². The van der Waals surface area contributed by atoms with Crippen LogP contribution in [0, 0.1) is 5.92 Å². The summed E-state index contributed by atoms with van der Waals surface area (Å²) < 4.78 is 21.7. The van der Waals surface area contributed by atoms with Gasteiger partial charge in [-0.25, -0.2) is 13.6 Å². The minimum absolute atomic E-state index is 0.265. The molecule has 0 unspecified atom stereocenters. The predicted octanol–water partition coefficient (Wildman–Crippen LogP) is 1.88. The van der Waals surface area contributed by atoms with Gasteiger partial charge in [0.1, 0.15) is 0 Å². The van der Waals surface area contributed by atoms with Gasteiger partial charge in [0.15, 0.2) is 0 Å². The van der Waals surface area contributed by atoms with Crippen molar-refractivity contribution in [2.45, 2.75) is 51.7 Å². The molecule has 1 rings (SSSR count). The Balaban J connectivity index is 0.000000671. The largest absolute Gasteiger partial charge is 0.228 e. The maximum absolute atomic E-state index is 10.9. The van der Waals surface area contributed by atoms with E-state index in [4.69, 9.17) is 5.14 Å². The van der Waals surface area contributed by atoms with Crippen molar-refractivity contribution in [3.8, 4) is 0 Å². The Morgan fingerprint density at radius 2 is 1.46 bits per heavy atom. The first-order valence-electron chi connectivity index (χ1n) is 5.02. The Bertz CT molecular complexity index is 216. The van der Waals surface area contributed by atoms with Gasteiger partial charge >= 0.3 is 0 Å². The highest BCUT2D eigenvalue weighted by atomic mass is 32.2. The van der Waals surface area contributed by atoms with E-state index in [2.05, 4.69) is 6.92 Å². The Hall–Kier alpha value is -0.0900. The summed E-state index contributed by atoms with van der Waals surface area (Å²) >= 11 is 0.